The third-order valence-electron chi connectivity index (χ3n) is 5.45. The van der Waals surface area contributed by atoms with E-state index < -0.39 is 46.2 Å². The number of thiophene rings is 1. The van der Waals surface area contributed by atoms with E-state index in [2.05, 4.69) is 10.6 Å². The summed E-state index contributed by atoms with van der Waals surface area (Å²) >= 11 is 1.26. The zero-order valence-electron chi connectivity index (χ0n) is 19.0. The van der Waals surface area contributed by atoms with E-state index in [4.69, 9.17) is 0 Å². The summed E-state index contributed by atoms with van der Waals surface area (Å²) in [7, 11) is -4.06. The van der Waals surface area contributed by atoms with Gasteiger partial charge in [0.15, 0.2) is 5.78 Å². The van der Waals surface area contributed by atoms with E-state index in [9.17, 15) is 27.2 Å². The van der Waals surface area contributed by atoms with Crippen molar-refractivity contribution >= 4 is 39.0 Å². The summed E-state index contributed by atoms with van der Waals surface area (Å²) in [6, 6.07) is 6.31. The molecule has 1 aliphatic rings. The maximum atomic E-state index is 13.5. The number of amides is 2. The van der Waals surface area contributed by atoms with Gasteiger partial charge in [-0.15, -0.1) is 11.3 Å². The first kappa shape index (κ1) is 26.0. The van der Waals surface area contributed by atoms with Gasteiger partial charge < -0.3 is 10.6 Å². The molecule has 2 amide bonds. The van der Waals surface area contributed by atoms with Gasteiger partial charge in [-0.3, -0.25) is 14.4 Å². The molecule has 3 rings (SSSR count). The molecule has 1 unspecified atom stereocenters. The Hall–Kier alpha value is -2.63. The van der Waals surface area contributed by atoms with Crippen molar-refractivity contribution in [3.05, 3.63) is 52.5 Å². The molecule has 2 heterocycles. The molecule has 2 aromatic rings. The van der Waals surface area contributed by atoms with Crippen LogP contribution in [-0.4, -0.2) is 55.5 Å². The van der Waals surface area contributed by atoms with Gasteiger partial charge in [0, 0.05) is 6.54 Å². The van der Waals surface area contributed by atoms with E-state index in [0.717, 1.165) is 16.4 Å². The molecule has 1 saturated heterocycles. The van der Waals surface area contributed by atoms with Crippen molar-refractivity contribution in [3.8, 4) is 0 Å². The highest BCUT2D eigenvalue weighted by molar-refractivity contribution is 7.89. The zero-order chi connectivity index (χ0) is 24.9. The number of nitrogens with zero attached hydrogens (tertiary/aromatic N) is 1. The van der Waals surface area contributed by atoms with Crippen molar-refractivity contribution in [2.75, 3.05) is 13.1 Å². The topological polar surface area (TPSA) is 113 Å². The molecule has 8 nitrogen and oxygen atoms in total. The van der Waals surface area contributed by atoms with Gasteiger partial charge in [0.05, 0.1) is 22.4 Å². The summed E-state index contributed by atoms with van der Waals surface area (Å²) < 4.78 is 40.4. The average Bonchev–Trinajstić information content (AvgIpc) is 3.25. The minimum absolute atomic E-state index is 0.0709. The van der Waals surface area contributed by atoms with Crippen molar-refractivity contribution in [3.63, 3.8) is 0 Å². The summed E-state index contributed by atoms with van der Waals surface area (Å²) in [6.07, 6.45) is 0.971. The maximum Gasteiger partial charge on any atom is 0.261 e. The molecular formula is C23H28FN3O5S2. The Bertz CT molecular complexity index is 1140. The number of sulfonamides is 1. The van der Waals surface area contributed by atoms with Gasteiger partial charge in [0.1, 0.15) is 11.9 Å². The second kappa shape index (κ2) is 11.2. The highest BCUT2D eigenvalue weighted by atomic mass is 32.2. The second-order valence-corrected chi connectivity index (χ2v) is 11.5. The van der Waals surface area contributed by atoms with Crippen LogP contribution >= 0.6 is 11.3 Å². The van der Waals surface area contributed by atoms with Crippen LogP contribution in [0.3, 0.4) is 0 Å². The largest absolute Gasteiger partial charge is 0.344 e. The first-order valence-electron chi connectivity index (χ1n) is 11.0. The number of ketones is 1. The van der Waals surface area contributed by atoms with Gasteiger partial charge in [-0.2, -0.15) is 4.31 Å². The van der Waals surface area contributed by atoms with Crippen LogP contribution in [0.5, 0.6) is 0 Å². The third kappa shape index (κ3) is 6.49. The fraction of sp³-hybridized carbons (Fsp3) is 0.435. The standard InChI is InChI=1S/C23H28FN3O5S2/c1-15(2)12-19(26-23(30)21-9-5-11-33-21)22(29)25-18-8-4-10-27(14-20(18)28)34(31,32)17-7-3-6-16(24)13-17/h3,5-7,9,11,13,15,18-19H,4,8,10,12,14H2,1-2H3,(H,25,29)(H,26,30)/t18?,19-/m0/s1. The molecule has 0 spiro atoms. The van der Waals surface area contributed by atoms with Gasteiger partial charge in [0.2, 0.25) is 15.9 Å². The predicted molar refractivity (Wildman–Crippen MR) is 126 cm³/mol. The molecule has 1 aliphatic heterocycles. The first-order chi connectivity index (χ1) is 16.1. The number of Topliss-reactive ketones (excluding diaryl/α,β-unsaturated/α-hetero) is 1. The van der Waals surface area contributed by atoms with E-state index >= 15 is 0 Å². The molecule has 1 aromatic heterocycles. The quantitative estimate of drug-likeness (QED) is 0.568. The fourth-order valence-corrected chi connectivity index (χ4v) is 5.85. The molecule has 0 bridgehead atoms. The van der Waals surface area contributed by atoms with Gasteiger partial charge in [-0.1, -0.05) is 26.0 Å². The van der Waals surface area contributed by atoms with E-state index in [1.807, 2.05) is 13.8 Å². The highest BCUT2D eigenvalue weighted by Crippen LogP contribution is 2.20. The monoisotopic (exact) mass is 509 g/mol. The van der Waals surface area contributed by atoms with E-state index in [1.165, 1.54) is 23.5 Å². The third-order valence-corrected chi connectivity index (χ3v) is 8.16. The summed E-state index contributed by atoms with van der Waals surface area (Å²) in [5.74, 6) is -1.89. The molecule has 184 valence electrons. The minimum Gasteiger partial charge on any atom is -0.344 e. The molecule has 2 atom stereocenters. The second-order valence-electron chi connectivity index (χ2n) is 8.60. The van der Waals surface area contributed by atoms with Crippen LogP contribution in [0, 0.1) is 11.7 Å². The van der Waals surface area contributed by atoms with Gasteiger partial charge in [-0.25, -0.2) is 12.8 Å². The van der Waals surface area contributed by atoms with Crippen molar-refractivity contribution in [2.45, 2.75) is 50.1 Å². The predicted octanol–water partition coefficient (Wildman–Crippen LogP) is 2.57. The van der Waals surface area contributed by atoms with Crippen LogP contribution < -0.4 is 10.6 Å². The number of carbonyl (C=O) groups excluding carboxylic acids is 3. The van der Waals surface area contributed by atoms with Gasteiger partial charge in [-0.05, 0) is 54.8 Å². The SMILES string of the molecule is CC(C)C[C@H](NC(=O)c1cccs1)C(=O)NC1CCCN(S(=O)(=O)c2cccc(F)c2)CC1=O. The number of carbonyl (C=O) groups is 3. The highest BCUT2D eigenvalue weighted by Gasteiger charge is 2.34. The Balaban J connectivity index is 1.69. The summed E-state index contributed by atoms with van der Waals surface area (Å²) in [4.78, 5) is 38.6. The molecule has 2 N–H and O–H groups in total. The Kier molecular flexibility index (Phi) is 8.56. The lowest BCUT2D eigenvalue weighted by Gasteiger charge is -2.23. The van der Waals surface area contributed by atoms with Crippen molar-refractivity contribution < 1.29 is 27.2 Å². The Labute approximate surface area is 202 Å². The van der Waals surface area contributed by atoms with E-state index in [0.29, 0.717) is 17.7 Å². The first-order valence-corrected chi connectivity index (χ1v) is 13.3. The van der Waals surface area contributed by atoms with Crippen molar-refractivity contribution in [1.29, 1.82) is 0 Å². The number of nitrogens with one attached hydrogen (secondary N) is 2. The number of halogens is 1. The summed E-state index contributed by atoms with van der Waals surface area (Å²) in [6.45, 7) is 3.48. The maximum absolute atomic E-state index is 13.5. The lowest BCUT2D eigenvalue weighted by molar-refractivity contribution is -0.129. The lowest BCUT2D eigenvalue weighted by atomic mass is 10.0. The number of rotatable bonds is 8. The van der Waals surface area contributed by atoms with Crippen molar-refractivity contribution in [1.82, 2.24) is 14.9 Å². The molecule has 11 heteroatoms. The summed E-state index contributed by atoms with van der Waals surface area (Å²) in [5, 5.41) is 7.21. The van der Waals surface area contributed by atoms with Gasteiger partial charge >= 0.3 is 0 Å². The number of benzene rings is 1. The Morgan fingerprint density at radius 3 is 2.65 bits per heavy atom. The van der Waals surface area contributed by atoms with Crippen LogP contribution in [0.25, 0.3) is 0 Å². The Morgan fingerprint density at radius 1 is 1.24 bits per heavy atom. The normalized spacial score (nSPS) is 18.4. The van der Waals surface area contributed by atoms with Crippen LogP contribution in [0.15, 0.2) is 46.7 Å². The van der Waals surface area contributed by atoms with E-state index in [1.54, 1.807) is 17.5 Å². The molecule has 0 saturated carbocycles. The van der Waals surface area contributed by atoms with Crippen molar-refractivity contribution in [2.24, 2.45) is 5.92 Å². The Morgan fingerprint density at radius 2 is 2.00 bits per heavy atom. The van der Waals surface area contributed by atoms with Crippen LogP contribution in [-0.2, 0) is 19.6 Å². The molecule has 34 heavy (non-hydrogen) atoms. The average molecular weight is 510 g/mol. The van der Waals surface area contributed by atoms with E-state index in [-0.39, 0.29) is 29.7 Å². The lowest BCUT2D eigenvalue weighted by Crippen LogP contribution is -2.52. The molecule has 0 radical (unpaired) electrons. The fourth-order valence-electron chi connectivity index (χ4n) is 3.74. The summed E-state index contributed by atoms with van der Waals surface area (Å²) in [5.41, 5.74) is 0. The number of hydrogen-bond donors (Lipinski definition) is 2. The van der Waals surface area contributed by atoms with Crippen LogP contribution in [0.1, 0.15) is 42.8 Å². The smallest absolute Gasteiger partial charge is 0.261 e. The number of hydrogen-bond acceptors (Lipinski definition) is 6. The molecule has 0 aliphatic carbocycles. The van der Waals surface area contributed by atoms with Gasteiger partial charge in [0.25, 0.3) is 5.91 Å². The zero-order valence-corrected chi connectivity index (χ0v) is 20.6. The van der Waals surface area contributed by atoms with Crippen LogP contribution in [0.2, 0.25) is 0 Å². The minimum atomic E-state index is -4.06. The molecule has 1 fully saturated rings. The van der Waals surface area contributed by atoms with Crippen LogP contribution in [0.4, 0.5) is 4.39 Å². The molecular weight excluding hydrogens is 481 g/mol. The molecule has 1 aromatic carbocycles.